The number of ether oxygens (including phenoxy) is 1. The smallest absolute Gasteiger partial charge is 0.309 e. The minimum atomic E-state index is -0.488. The normalized spacial score (nSPS) is 27.7. The van der Waals surface area contributed by atoms with E-state index in [0.29, 0.717) is 12.8 Å². The summed E-state index contributed by atoms with van der Waals surface area (Å²) in [7, 11) is 0. The highest BCUT2D eigenvalue weighted by atomic mass is 16.5. The van der Waals surface area contributed by atoms with Crippen LogP contribution in [-0.4, -0.2) is 23.3 Å². The Bertz CT molecular complexity index is 208. The fourth-order valence-electron chi connectivity index (χ4n) is 1.39. The van der Waals surface area contributed by atoms with Gasteiger partial charge in [0.15, 0.2) is 0 Å². The summed E-state index contributed by atoms with van der Waals surface area (Å²) in [6.07, 6.45) is 4.17. The van der Waals surface area contributed by atoms with Crippen molar-refractivity contribution in [1.82, 2.24) is 0 Å². The SMILES string of the molecule is CC(C)OC(=O)[C@@H]1CC=C[C@@H](O)C1. The first-order chi connectivity index (χ1) is 6.09. The Hall–Kier alpha value is -0.830. The predicted molar refractivity (Wildman–Crippen MR) is 49.1 cm³/mol. The largest absolute Gasteiger partial charge is 0.463 e. The van der Waals surface area contributed by atoms with Crippen LogP contribution in [0.3, 0.4) is 0 Å². The van der Waals surface area contributed by atoms with E-state index < -0.39 is 6.10 Å². The number of carbonyl (C=O) groups excluding carboxylic acids is 1. The highest BCUT2D eigenvalue weighted by Gasteiger charge is 2.24. The van der Waals surface area contributed by atoms with Crippen LogP contribution in [0.2, 0.25) is 0 Å². The molecule has 0 unspecified atom stereocenters. The maximum absolute atomic E-state index is 11.4. The molecule has 0 saturated heterocycles. The fraction of sp³-hybridized carbons (Fsp3) is 0.700. The first-order valence-electron chi connectivity index (χ1n) is 4.65. The monoisotopic (exact) mass is 184 g/mol. The van der Waals surface area contributed by atoms with Gasteiger partial charge in [0.05, 0.1) is 18.1 Å². The zero-order valence-electron chi connectivity index (χ0n) is 8.06. The van der Waals surface area contributed by atoms with Crippen molar-refractivity contribution in [2.45, 2.75) is 38.9 Å². The van der Waals surface area contributed by atoms with Gasteiger partial charge in [-0.05, 0) is 26.7 Å². The van der Waals surface area contributed by atoms with E-state index in [1.165, 1.54) is 0 Å². The van der Waals surface area contributed by atoms with Gasteiger partial charge in [-0.25, -0.2) is 0 Å². The van der Waals surface area contributed by atoms with E-state index in [9.17, 15) is 9.90 Å². The Labute approximate surface area is 78.4 Å². The molecule has 13 heavy (non-hydrogen) atoms. The van der Waals surface area contributed by atoms with E-state index in [2.05, 4.69) is 0 Å². The van der Waals surface area contributed by atoms with Crippen LogP contribution in [0.5, 0.6) is 0 Å². The van der Waals surface area contributed by atoms with Gasteiger partial charge in [0, 0.05) is 0 Å². The Balaban J connectivity index is 2.44. The summed E-state index contributed by atoms with van der Waals surface area (Å²) >= 11 is 0. The fourth-order valence-corrected chi connectivity index (χ4v) is 1.39. The van der Waals surface area contributed by atoms with Gasteiger partial charge in [-0.1, -0.05) is 12.2 Å². The minimum absolute atomic E-state index is 0.0736. The van der Waals surface area contributed by atoms with Gasteiger partial charge in [-0.3, -0.25) is 4.79 Å². The lowest BCUT2D eigenvalue weighted by molar-refractivity contribution is -0.153. The number of aliphatic hydroxyl groups excluding tert-OH is 1. The second-order valence-corrected chi connectivity index (χ2v) is 3.65. The van der Waals surface area contributed by atoms with Gasteiger partial charge in [0.25, 0.3) is 0 Å². The molecule has 1 aliphatic rings. The van der Waals surface area contributed by atoms with Crippen molar-refractivity contribution in [2.24, 2.45) is 5.92 Å². The number of rotatable bonds is 2. The molecule has 0 aromatic heterocycles. The van der Waals surface area contributed by atoms with Crippen LogP contribution in [-0.2, 0) is 9.53 Å². The number of allylic oxidation sites excluding steroid dienone is 1. The summed E-state index contributed by atoms with van der Waals surface area (Å²) < 4.78 is 5.05. The zero-order chi connectivity index (χ0) is 9.84. The highest BCUT2D eigenvalue weighted by Crippen LogP contribution is 2.20. The molecule has 1 N–H and O–H groups in total. The molecule has 3 nitrogen and oxygen atoms in total. The Morgan fingerprint density at radius 1 is 1.62 bits per heavy atom. The molecule has 3 heteroatoms. The van der Waals surface area contributed by atoms with Gasteiger partial charge < -0.3 is 9.84 Å². The van der Waals surface area contributed by atoms with Gasteiger partial charge in [0.1, 0.15) is 0 Å². The summed E-state index contributed by atoms with van der Waals surface area (Å²) in [5, 5.41) is 9.27. The third-order valence-electron chi connectivity index (χ3n) is 1.99. The summed E-state index contributed by atoms with van der Waals surface area (Å²) in [5.41, 5.74) is 0. The summed E-state index contributed by atoms with van der Waals surface area (Å²) in [6.45, 7) is 3.65. The average Bonchev–Trinajstić information content (AvgIpc) is 2.03. The van der Waals surface area contributed by atoms with Crippen LogP contribution in [0, 0.1) is 5.92 Å². The topological polar surface area (TPSA) is 46.5 Å². The van der Waals surface area contributed by atoms with E-state index in [0.717, 1.165) is 0 Å². The van der Waals surface area contributed by atoms with Crippen molar-refractivity contribution >= 4 is 5.97 Å². The molecule has 2 atom stereocenters. The molecule has 74 valence electrons. The van der Waals surface area contributed by atoms with Crippen LogP contribution in [0.15, 0.2) is 12.2 Å². The summed E-state index contributed by atoms with van der Waals surface area (Å²) in [5.74, 6) is -0.360. The maximum atomic E-state index is 11.4. The number of aliphatic hydroxyl groups is 1. The lowest BCUT2D eigenvalue weighted by Gasteiger charge is -2.21. The Morgan fingerprint density at radius 3 is 2.85 bits per heavy atom. The molecule has 0 heterocycles. The van der Waals surface area contributed by atoms with Crippen molar-refractivity contribution in [3.05, 3.63) is 12.2 Å². The van der Waals surface area contributed by atoms with Crippen molar-refractivity contribution in [2.75, 3.05) is 0 Å². The van der Waals surface area contributed by atoms with Crippen molar-refractivity contribution < 1.29 is 14.6 Å². The molecule has 0 aromatic rings. The highest BCUT2D eigenvalue weighted by molar-refractivity contribution is 5.73. The van der Waals surface area contributed by atoms with E-state index in [1.54, 1.807) is 6.08 Å². The third kappa shape index (κ3) is 3.19. The predicted octanol–water partition coefficient (Wildman–Crippen LogP) is 1.27. The number of carbonyl (C=O) groups is 1. The molecule has 1 rings (SSSR count). The number of hydrogen-bond donors (Lipinski definition) is 1. The Morgan fingerprint density at radius 2 is 2.31 bits per heavy atom. The molecule has 1 aliphatic carbocycles. The molecule has 0 saturated carbocycles. The molecule has 0 amide bonds. The summed E-state index contributed by atoms with van der Waals surface area (Å²) in [6, 6.07) is 0. The lowest BCUT2D eigenvalue weighted by atomic mass is 9.93. The van der Waals surface area contributed by atoms with E-state index in [4.69, 9.17) is 4.74 Å². The third-order valence-corrected chi connectivity index (χ3v) is 1.99. The van der Waals surface area contributed by atoms with Crippen LogP contribution in [0.1, 0.15) is 26.7 Å². The van der Waals surface area contributed by atoms with Gasteiger partial charge in [-0.15, -0.1) is 0 Å². The molecule has 0 aromatic carbocycles. The van der Waals surface area contributed by atoms with Crippen LogP contribution in [0.4, 0.5) is 0 Å². The molecular formula is C10H16O3. The quantitative estimate of drug-likeness (QED) is 0.519. The molecule has 0 spiro atoms. The van der Waals surface area contributed by atoms with Crippen LogP contribution >= 0.6 is 0 Å². The van der Waals surface area contributed by atoms with Crippen LogP contribution < -0.4 is 0 Å². The van der Waals surface area contributed by atoms with Gasteiger partial charge in [0.2, 0.25) is 0 Å². The van der Waals surface area contributed by atoms with Crippen LogP contribution in [0.25, 0.3) is 0 Å². The van der Waals surface area contributed by atoms with Crippen molar-refractivity contribution in [1.29, 1.82) is 0 Å². The van der Waals surface area contributed by atoms with E-state index in [1.807, 2.05) is 19.9 Å². The standard InChI is InChI=1S/C10H16O3/c1-7(2)13-10(12)8-4-3-5-9(11)6-8/h3,5,7-9,11H,4,6H2,1-2H3/t8-,9-/m1/s1. The molecule has 0 aliphatic heterocycles. The summed E-state index contributed by atoms with van der Waals surface area (Å²) in [4.78, 5) is 11.4. The maximum Gasteiger partial charge on any atom is 0.309 e. The second-order valence-electron chi connectivity index (χ2n) is 3.65. The van der Waals surface area contributed by atoms with Gasteiger partial charge >= 0.3 is 5.97 Å². The van der Waals surface area contributed by atoms with E-state index in [-0.39, 0.29) is 18.0 Å². The molecular weight excluding hydrogens is 168 g/mol. The molecule has 0 radical (unpaired) electrons. The van der Waals surface area contributed by atoms with Crippen molar-refractivity contribution in [3.63, 3.8) is 0 Å². The van der Waals surface area contributed by atoms with E-state index >= 15 is 0 Å². The Kier molecular flexibility index (Phi) is 3.48. The lowest BCUT2D eigenvalue weighted by Crippen LogP contribution is -2.26. The number of esters is 1. The zero-order valence-corrected chi connectivity index (χ0v) is 8.06. The van der Waals surface area contributed by atoms with Gasteiger partial charge in [-0.2, -0.15) is 0 Å². The minimum Gasteiger partial charge on any atom is -0.463 e. The van der Waals surface area contributed by atoms with Crippen molar-refractivity contribution in [3.8, 4) is 0 Å². The first-order valence-corrected chi connectivity index (χ1v) is 4.65. The number of hydrogen-bond acceptors (Lipinski definition) is 3. The first kappa shape index (κ1) is 10.3. The molecule has 0 fully saturated rings. The average molecular weight is 184 g/mol. The molecule has 0 bridgehead atoms. The second kappa shape index (κ2) is 4.42.